The lowest BCUT2D eigenvalue weighted by molar-refractivity contribution is -0.119. The molecule has 1 saturated heterocycles. The van der Waals surface area contributed by atoms with Crippen molar-refractivity contribution >= 4 is 28.9 Å². The van der Waals surface area contributed by atoms with Gasteiger partial charge in [0.05, 0.1) is 5.56 Å². The van der Waals surface area contributed by atoms with E-state index in [0.717, 1.165) is 30.9 Å². The Labute approximate surface area is 157 Å². The van der Waals surface area contributed by atoms with E-state index in [-0.39, 0.29) is 11.3 Å². The van der Waals surface area contributed by atoms with E-state index in [1.807, 2.05) is 24.3 Å². The zero-order valence-corrected chi connectivity index (χ0v) is 14.9. The molecule has 0 bridgehead atoms. The van der Waals surface area contributed by atoms with Gasteiger partial charge in [-0.3, -0.25) is 4.79 Å². The molecule has 2 aromatic rings. The number of carbonyl (C=O) groups excluding carboxylic acids is 2. The van der Waals surface area contributed by atoms with Crippen molar-refractivity contribution in [3.8, 4) is 0 Å². The van der Waals surface area contributed by atoms with Gasteiger partial charge in [0.2, 0.25) is 0 Å². The monoisotopic (exact) mass is 371 g/mol. The molecule has 1 heterocycles. The molecule has 27 heavy (non-hydrogen) atoms. The maximum atomic E-state index is 13.0. The number of esters is 1. The highest BCUT2D eigenvalue weighted by Crippen LogP contribution is 2.22. The van der Waals surface area contributed by atoms with Crippen LogP contribution in [0.5, 0.6) is 0 Å². The Morgan fingerprint density at radius 3 is 2.44 bits per heavy atom. The lowest BCUT2D eigenvalue weighted by atomic mass is 10.1. The minimum absolute atomic E-state index is 0.0232. The second-order valence-electron chi connectivity index (χ2n) is 6.45. The normalized spacial score (nSPS) is 13.9. The van der Waals surface area contributed by atoms with Crippen molar-refractivity contribution in [2.75, 3.05) is 35.6 Å². The Morgan fingerprint density at radius 1 is 1.07 bits per heavy atom. The van der Waals surface area contributed by atoms with Gasteiger partial charge in [-0.1, -0.05) is 0 Å². The SMILES string of the molecule is Nc1cc(F)ccc1C(=O)OCC(=O)Nc1ccc(N2CCCCC2)cc1. The third-order valence-electron chi connectivity index (χ3n) is 4.44. The molecule has 142 valence electrons. The van der Waals surface area contributed by atoms with Crippen molar-refractivity contribution in [3.63, 3.8) is 0 Å². The maximum Gasteiger partial charge on any atom is 0.340 e. The molecular formula is C20H22FN3O3. The first-order valence-corrected chi connectivity index (χ1v) is 8.90. The van der Waals surface area contributed by atoms with Crippen LogP contribution in [0.3, 0.4) is 0 Å². The summed E-state index contributed by atoms with van der Waals surface area (Å²) in [6.45, 7) is 1.64. The second-order valence-corrected chi connectivity index (χ2v) is 6.45. The third kappa shape index (κ3) is 4.97. The lowest BCUT2D eigenvalue weighted by Gasteiger charge is -2.28. The molecule has 3 rings (SSSR count). The Bertz CT molecular complexity index is 818. The van der Waals surface area contributed by atoms with Crippen LogP contribution in [0.2, 0.25) is 0 Å². The number of benzene rings is 2. The van der Waals surface area contributed by atoms with Gasteiger partial charge in [0.15, 0.2) is 6.61 Å². The number of rotatable bonds is 5. The van der Waals surface area contributed by atoms with Gasteiger partial charge in [0.25, 0.3) is 5.91 Å². The molecule has 0 radical (unpaired) electrons. The van der Waals surface area contributed by atoms with Crippen molar-refractivity contribution < 1.29 is 18.7 Å². The summed E-state index contributed by atoms with van der Waals surface area (Å²) < 4.78 is 18.0. The van der Waals surface area contributed by atoms with Gasteiger partial charge in [-0.05, 0) is 61.7 Å². The van der Waals surface area contributed by atoms with Crippen molar-refractivity contribution in [1.82, 2.24) is 0 Å². The van der Waals surface area contributed by atoms with Gasteiger partial charge in [-0.15, -0.1) is 0 Å². The van der Waals surface area contributed by atoms with E-state index >= 15 is 0 Å². The molecule has 0 atom stereocenters. The number of nitrogen functional groups attached to an aromatic ring is 1. The van der Waals surface area contributed by atoms with Crippen LogP contribution in [-0.2, 0) is 9.53 Å². The van der Waals surface area contributed by atoms with Gasteiger partial charge in [-0.2, -0.15) is 0 Å². The Hall–Kier alpha value is -3.09. The number of nitrogens with zero attached hydrogens (tertiary/aromatic N) is 1. The molecule has 1 amide bonds. The first kappa shape index (κ1) is 18.7. The summed E-state index contributed by atoms with van der Waals surface area (Å²) in [5.74, 6) is -1.78. The summed E-state index contributed by atoms with van der Waals surface area (Å²) >= 11 is 0. The van der Waals surface area contributed by atoms with Crippen LogP contribution in [0.4, 0.5) is 21.5 Å². The average Bonchev–Trinajstić information content (AvgIpc) is 2.67. The number of piperidine rings is 1. The van der Waals surface area contributed by atoms with Crippen LogP contribution < -0.4 is 16.0 Å². The van der Waals surface area contributed by atoms with Crippen molar-refractivity contribution in [2.24, 2.45) is 0 Å². The number of anilines is 3. The number of hydrogen-bond donors (Lipinski definition) is 2. The Balaban J connectivity index is 1.50. The quantitative estimate of drug-likeness (QED) is 0.623. The highest BCUT2D eigenvalue weighted by molar-refractivity contribution is 5.98. The molecule has 0 unspecified atom stereocenters. The van der Waals surface area contributed by atoms with E-state index in [0.29, 0.717) is 5.69 Å². The van der Waals surface area contributed by atoms with E-state index in [4.69, 9.17) is 10.5 Å². The molecule has 7 heteroatoms. The van der Waals surface area contributed by atoms with Crippen LogP contribution in [0.1, 0.15) is 29.6 Å². The fourth-order valence-corrected chi connectivity index (χ4v) is 3.03. The number of nitrogens with two attached hydrogens (primary N) is 1. The fourth-order valence-electron chi connectivity index (χ4n) is 3.03. The molecular weight excluding hydrogens is 349 g/mol. The summed E-state index contributed by atoms with van der Waals surface area (Å²) in [7, 11) is 0. The first-order chi connectivity index (χ1) is 13.0. The van der Waals surface area contributed by atoms with E-state index in [9.17, 15) is 14.0 Å². The summed E-state index contributed by atoms with van der Waals surface area (Å²) in [6.07, 6.45) is 3.66. The van der Waals surface area contributed by atoms with Gasteiger partial charge >= 0.3 is 5.97 Å². The average molecular weight is 371 g/mol. The lowest BCUT2D eigenvalue weighted by Crippen LogP contribution is -2.29. The predicted octanol–water partition coefficient (Wildman–Crippen LogP) is 3.19. The molecule has 3 N–H and O–H groups in total. The molecule has 0 spiro atoms. The highest BCUT2D eigenvalue weighted by Gasteiger charge is 2.14. The van der Waals surface area contributed by atoms with Crippen molar-refractivity contribution in [3.05, 3.63) is 53.8 Å². The van der Waals surface area contributed by atoms with Crippen LogP contribution >= 0.6 is 0 Å². The summed E-state index contributed by atoms with van der Waals surface area (Å²) in [6, 6.07) is 10.9. The van der Waals surface area contributed by atoms with Crippen molar-refractivity contribution in [1.29, 1.82) is 0 Å². The van der Waals surface area contributed by atoms with Crippen LogP contribution in [0, 0.1) is 5.82 Å². The predicted molar refractivity (Wildman–Crippen MR) is 102 cm³/mol. The summed E-state index contributed by atoms with van der Waals surface area (Å²) in [5, 5.41) is 2.68. The number of nitrogens with one attached hydrogen (secondary N) is 1. The molecule has 0 aliphatic carbocycles. The molecule has 1 aliphatic heterocycles. The maximum absolute atomic E-state index is 13.0. The number of ether oxygens (including phenoxy) is 1. The van der Waals surface area contributed by atoms with E-state index < -0.39 is 24.3 Å². The molecule has 0 aromatic heterocycles. The number of hydrogen-bond acceptors (Lipinski definition) is 5. The highest BCUT2D eigenvalue weighted by atomic mass is 19.1. The molecule has 0 saturated carbocycles. The minimum Gasteiger partial charge on any atom is -0.452 e. The third-order valence-corrected chi connectivity index (χ3v) is 4.44. The molecule has 2 aromatic carbocycles. The zero-order chi connectivity index (χ0) is 19.2. The smallest absolute Gasteiger partial charge is 0.340 e. The Kier molecular flexibility index (Phi) is 5.90. The first-order valence-electron chi connectivity index (χ1n) is 8.90. The zero-order valence-electron chi connectivity index (χ0n) is 14.9. The van der Waals surface area contributed by atoms with E-state index in [2.05, 4.69) is 10.2 Å². The fraction of sp³-hybridized carbons (Fsp3) is 0.300. The standard InChI is InChI=1S/C20H22FN3O3/c21-14-4-9-17(18(22)12-14)20(26)27-13-19(25)23-15-5-7-16(8-6-15)24-10-2-1-3-11-24/h4-9,12H,1-3,10-11,13,22H2,(H,23,25). The summed E-state index contributed by atoms with van der Waals surface area (Å²) in [4.78, 5) is 26.3. The molecule has 1 aliphatic rings. The van der Waals surface area contributed by atoms with Crippen molar-refractivity contribution in [2.45, 2.75) is 19.3 Å². The van der Waals surface area contributed by atoms with Gasteiger partial charge in [-0.25, -0.2) is 9.18 Å². The summed E-state index contributed by atoms with van der Waals surface area (Å²) in [5.41, 5.74) is 7.33. The van der Waals surface area contributed by atoms with Gasteiger partial charge in [0, 0.05) is 30.2 Å². The van der Waals surface area contributed by atoms with Crippen LogP contribution in [-0.4, -0.2) is 31.6 Å². The number of carbonyl (C=O) groups is 2. The molecule has 6 nitrogen and oxygen atoms in total. The van der Waals surface area contributed by atoms with Crippen LogP contribution in [0.15, 0.2) is 42.5 Å². The number of halogens is 1. The minimum atomic E-state index is -0.775. The van der Waals surface area contributed by atoms with Gasteiger partial charge < -0.3 is 20.7 Å². The Morgan fingerprint density at radius 2 is 1.78 bits per heavy atom. The molecule has 1 fully saturated rings. The second kappa shape index (κ2) is 8.53. The topological polar surface area (TPSA) is 84.7 Å². The van der Waals surface area contributed by atoms with E-state index in [1.54, 1.807) is 0 Å². The van der Waals surface area contributed by atoms with Gasteiger partial charge in [0.1, 0.15) is 5.82 Å². The largest absolute Gasteiger partial charge is 0.452 e. The van der Waals surface area contributed by atoms with Crippen LogP contribution in [0.25, 0.3) is 0 Å². The number of amides is 1. The van der Waals surface area contributed by atoms with E-state index in [1.165, 1.54) is 25.3 Å².